The fourth-order valence-electron chi connectivity index (χ4n) is 0.846. The molecular weight excluding hydrogens is 255 g/mol. The van der Waals surface area contributed by atoms with E-state index in [2.05, 4.69) is 0 Å². The van der Waals surface area contributed by atoms with Gasteiger partial charge in [0.15, 0.2) is 0 Å². The summed E-state index contributed by atoms with van der Waals surface area (Å²) < 4.78 is 0.799. The number of halogens is 1. The van der Waals surface area contributed by atoms with Crippen LogP contribution in [0.4, 0.5) is 0 Å². The molecule has 2 nitrogen and oxygen atoms in total. The molecule has 0 aliphatic carbocycles. The molecule has 58 valence electrons. The zero-order chi connectivity index (χ0) is 8.43. The Balaban J connectivity index is 3.31. The van der Waals surface area contributed by atoms with Crippen LogP contribution in [0.3, 0.4) is 0 Å². The number of phenols is 1. The molecule has 0 radical (unpaired) electrons. The van der Waals surface area contributed by atoms with Crippen molar-refractivity contribution in [2.75, 3.05) is 0 Å². The minimum Gasteiger partial charge on any atom is -0.507 e. The van der Waals surface area contributed by atoms with Crippen molar-refractivity contribution in [3.05, 3.63) is 26.8 Å². The summed E-state index contributed by atoms with van der Waals surface area (Å²) in [6.07, 6.45) is 0.725. The predicted molar refractivity (Wildman–Crippen MR) is 50.9 cm³/mol. The van der Waals surface area contributed by atoms with E-state index in [4.69, 9.17) is 0 Å². The van der Waals surface area contributed by atoms with Crippen molar-refractivity contribution in [3.8, 4) is 5.75 Å². The Bertz CT molecular complexity index is 271. The number of aryl methyl sites for hydroxylation is 1. The summed E-state index contributed by atoms with van der Waals surface area (Å²) in [7, 11) is 0. The first-order valence-electron chi connectivity index (χ1n) is 3.09. The highest BCUT2D eigenvalue weighted by Crippen LogP contribution is 2.23. The number of rotatable bonds is 1. The fourth-order valence-corrected chi connectivity index (χ4v) is 1.16. The lowest BCUT2D eigenvalue weighted by atomic mass is 10.1. The molecule has 1 aromatic rings. The molecule has 0 unspecified atom stereocenters. The summed E-state index contributed by atoms with van der Waals surface area (Å²) in [5.74, 6) is 0.174. The summed E-state index contributed by atoms with van der Waals surface area (Å²) >= 11 is 2.04. The molecule has 0 fully saturated rings. The molecule has 1 rings (SSSR count). The van der Waals surface area contributed by atoms with Crippen LogP contribution >= 0.6 is 22.6 Å². The van der Waals surface area contributed by atoms with Gasteiger partial charge in [-0.25, -0.2) is 0 Å². The van der Waals surface area contributed by atoms with Crippen molar-refractivity contribution in [1.82, 2.24) is 0 Å². The van der Waals surface area contributed by atoms with Gasteiger partial charge in [0.1, 0.15) is 12.0 Å². The van der Waals surface area contributed by atoms with Gasteiger partial charge in [-0.15, -0.1) is 0 Å². The van der Waals surface area contributed by atoms with Gasteiger partial charge in [0.2, 0.25) is 0 Å². The number of aromatic hydroxyl groups is 1. The van der Waals surface area contributed by atoms with Gasteiger partial charge in [-0.3, -0.25) is 4.79 Å². The third kappa shape index (κ3) is 1.71. The Hall–Kier alpha value is -0.580. The van der Waals surface area contributed by atoms with Crippen LogP contribution in [0.25, 0.3) is 0 Å². The molecule has 0 aliphatic heterocycles. The van der Waals surface area contributed by atoms with Gasteiger partial charge >= 0.3 is 0 Å². The van der Waals surface area contributed by atoms with E-state index in [1.165, 1.54) is 6.07 Å². The molecule has 0 heterocycles. The fraction of sp³-hybridized carbons (Fsp3) is 0.125. The summed E-state index contributed by atoms with van der Waals surface area (Å²) in [5, 5.41) is 9.25. The van der Waals surface area contributed by atoms with Crippen LogP contribution in [0.2, 0.25) is 0 Å². The number of carbonyl (C=O) groups excluding carboxylic acids is 1. The smallest absolute Gasteiger partial charge is 0.150 e. The molecule has 0 amide bonds. The summed E-state index contributed by atoms with van der Waals surface area (Å²) in [5.41, 5.74) is 1.44. The topological polar surface area (TPSA) is 37.3 Å². The number of benzene rings is 1. The first-order chi connectivity index (χ1) is 5.15. The standard InChI is InChI=1S/C8H7IO2/c1-5-2-6(4-10)3-7(11)8(5)9/h2-4,11H,1H3. The predicted octanol–water partition coefficient (Wildman–Crippen LogP) is 2.12. The normalized spacial score (nSPS) is 9.64. The summed E-state index contributed by atoms with van der Waals surface area (Å²) in [6.45, 7) is 1.86. The summed E-state index contributed by atoms with van der Waals surface area (Å²) in [6, 6.07) is 3.20. The minimum absolute atomic E-state index is 0.174. The van der Waals surface area contributed by atoms with Gasteiger partial charge in [0.25, 0.3) is 0 Å². The van der Waals surface area contributed by atoms with Crippen LogP contribution < -0.4 is 0 Å². The second-order valence-electron chi connectivity index (χ2n) is 2.29. The van der Waals surface area contributed by atoms with Gasteiger partial charge in [0, 0.05) is 5.56 Å². The number of hydrogen-bond acceptors (Lipinski definition) is 2. The second kappa shape index (κ2) is 3.21. The molecule has 1 N–H and O–H groups in total. The van der Waals surface area contributed by atoms with Crippen LogP contribution in [0.5, 0.6) is 5.75 Å². The average Bonchev–Trinajstić information content (AvgIpc) is 1.99. The Morgan fingerprint density at radius 1 is 1.55 bits per heavy atom. The molecule has 0 atom stereocenters. The SMILES string of the molecule is Cc1cc(C=O)cc(O)c1I. The highest BCUT2D eigenvalue weighted by atomic mass is 127. The van der Waals surface area contributed by atoms with Crippen molar-refractivity contribution >= 4 is 28.9 Å². The van der Waals surface area contributed by atoms with Crippen molar-refractivity contribution in [1.29, 1.82) is 0 Å². The third-order valence-corrected chi connectivity index (χ3v) is 2.80. The highest BCUT2D eigenvalue weighted by molar-refractivity contribution is 14.1. The van der Waals surface area contributed by atoms with Gasteiger partial charge in [0.05, 0.1) is 3.57 Å². The number of carbonyl (C=O) groups is 1. The zero-order valence-electron chi connectivity index (χ0n) is 5.97. The molecule has 0 saturated heterocycles. The van der Waals surface area contributed by atoms with Crippen LogP contribution in [-0.2, 0) is 0 Å². The van der Waals surface area contributed by atoms with E-state index in [0.717, 1.165) is 15.4 Å². The molecule has 0 bridgehead atoms. The van der Waals surface area contributed by atoms with Crippen LogP contribution in [0.15, 0.2) is 12.1 Å². The first kappa shape index (κ1) is 8.52. The van der Waals surface area contributed by atoms with Gasteiger partial charge < -0.3 is 5.11 Å². The molecular formula is C8H7IO2. The Labute approximate surface area is 78.4 Å². The van der Waals surface area contributed by atoms with Gasteiger partial charge in [-0.2, -0.15) is 0 Å². The van der Waals surface area contributed by atoms with E-state index in [1.54, 1.807) is 6.07 Å². The maximum absolute atomic E-state index is 10.3. The lowest BCUT2D eigenvalue weighted by molar-refractivity contribution is 0.112. The lowest BCUT2D eigenvalue weighted by Gasteiger charge is -2.01. The minimum atomic E-state index is 0.174. The van der Waals surface area contributed by atoms with Crippen molar-refractivity contribution in [2.24, 2.45) is 0 Å². The van der Waals surface area contributed by atoms with Crippen molar-refractivity contribution in [3.63, 3.8) is 0 Å². The number of hydrogen-bond donors (Lipinski definition) is 1. The Morgan fingerprint density at radius 2 is 2.18 bits per heavy atom. The molecule has 11 heavy (non-hydrogen) atoms. The number of aldehydes is 1. The lowest BCUT2D eigenvalue weighted by Crippen LogP contribution is -1.86. The van der Waals surface area contributed by atoms with Crippen LogP contribution in [0.1, 0.15) is 15.9 Å². The van der Waals surface area contributed by atoms with Gasteiger partial charge in [-0.05, 0) is 47.2 Å². The van der Waals surface area contributed by atoms with Crippen molar-refractivity contribution < 1.29 is 9.90 Å². The van der Waals surface area contributed by atoms with Crippen LogP contribution in [0, 0.1) is 10.5 Å². The molecule has 0 spiro atoms. The molecule has 0 saturated carbocycles. The van der Waals surface area contributed by atoms with E-state index in [-0.39, 0.29) is 5.75 Å². The maximum Gasteiger partial charge on any atom is 0.150 e. The van der Waals surface area contributed by atoms with Gasteiger partial charge in [-0.1, -0.05) is 0 Å². The van der Waals surface area contributed by atoms with E-state index in [0.29, 0.717) is 5.56 Å². The highest BCUT2D eigenvalue weighted by Gasteiger charge is 2.02. The Morgan fingerprint density at radius 3 is 2.64 bits per heavy atom. The largest absolute Gasteiger partial charge is 0.507 e. The Kier molecular flexibility index (Phi) is 2.49. The second-order valence-corrected chi connectivity index (χ2v) is 3.37. The van der Waals surface area contributed by atoms with Crippen LogP contribution in [-0.4, -0.2) is 11.4 Å². The van der Waals surface area contributed by atoms with E-state index >= 15 is 0 Å². The quantitative estimate of drug-likeness (QED) is 0.621. The number of phenolic OH excluding ortho intramolecular Hbond substituents is 1. The molecule has 0 aliphatic rings. The first-order valence-corrected chi connectivity index (χ1v) is 4.17. The van der Waals surface area contributed by atoms with E-state index < -0.39 is 0 Å². The molecule has 0 aromatic heterocycles. The maximum atomic E-state index is 10.3. The molecule has 3 heteroatoms. The third-order valence-electron chi connectivity index (χ3n) is 1.39. The molecule has 1 aromatic carbocycles. The van der Waals surface area contributed by atoms with Crippen molar-refractivity contribution in [2.45, 2.75) is 6.92 Å². The zero-order valence-corrected chi connectivity index (χ0v) is 8.12. The summed E-state index contributed by atoms with van der Waals surface area (Å²) in [4.78, 5) is 10.3. The van der Waals surface area contributed by atoms with E-state index in [9.17, 15) is 9.90 Å². The van der Waals surface area contributed by atoms with E-state index in [1.807, 2.05) is 29.5 Å². The average molecular weight is 262 g/mol. The monoisotopic (exact) mass is 262 g/mol.